The van der Waals surface area contributed by atoms with Crippen molar-refractivity contribution in [2.24, 2.45) is 0 Å². The minimum atomic E-state index is -0.958. The van der Waals surface area contributed by atoms with Gasteiger partial charge in [0.05, 0.1) is 17.3 Å². The number of amides is 2. The first kappa shape index (κ1) is 20.0. The molecule has 2 N–H and O–H groups in total. The van der Waals surface area contributed by atoms with Crippen molar-refractivity contribution in [1.82, 2.24) is 20.0 Å². The molecule has 1 aliphatic carbocycles. The maximum absolute atomic E-state index is 13.3. The van der Waals surface area contributed by atoms with Crippen LogP contribution in [0.3, 0.4) is 0 Å². The van der Waals surface area contributed by atoms with E-state index in [0.29, 0.717) is 36.7 Å². The number of carboxylic acid groups (broad SMARTS) is 1. The number of nitrogens with zero attached hydrogens (tertiary/aromatic N) is 4. The summed E-state index contributed by atoms with van der Waals surface area (Å²) in [5.74, 6) is 0.0956. The topological polar surface area (TPSA) is 111 Å². The van der Waals surface area contributed by atoms with Crippen LogP contribution >= 0.6 is 0 Å². The zero-order chi connectivity index (χ0) is 21.4. The highest BCUT2D eigenvalue weighted by Crippen LogP contribution is 2.46. The van der Waals surface area contributed by atoms with Crippen LogP contribution in [0.1, 0.15) is 66.7 Å². The summed E-state index contributed by atoms with van der Waals surface area (Å²) >= 11 is 0. The van der Waals surface area contributed by atoms with Crippen molar-refractivity contribution in [1.29, 1.82) is 5.26 Å². The first-order valence-corrected chi connectivity index (χ1v) is 10.3. The highest BCUT2D eigenvalue weighted by molar-refractivity contribution is 5.96. The largest absolute Gasteiger partial charge is 0.465 e. The molecular weight excluding hydrogens is 382 g/mol. The number of aromatic nitrogens is 2. The molecule has 0 unspecified atom stereocenters. The average molecular weight is 407 g/mol. The Labute approximate surface area is 175 Å². The highest BCUT2D eigenvalue weighted by Gasteiger charge is 2.37. The maximum Gasteiger partial charge on any atom is 0.407 e. The zero-order valence-corrected chi connectivity index (χ0v) is 17.1. The molecule has 0 spiro atoms. The number of benzene rings is 1. The quantitative estimate of drug-likeness (QED) is 0.789. The standard InChI is InChI=1S/C22H25N5O3/c1-13(2)27-20(21(28)24-17-9-10-26(12-17)22(29)30)18(15-7-8-15)19(25-27)16-5-3-14(11-23)4-6-16/h3-6,13,15,17H,7-10,12H2,1-2H3,(H,24,28)(H,29,30)/t17-/m0/s1. The van der Waals surface area contributed by atoms with Crippen LogP contribution in [-0.2, 0) is 0 Å². The van der Waals surface area contributed by atoms with Gasteiger partial charge in [0.1, 0.15) is 5.69 Å². The van der Waals surface area contributed by atoms with Crippen molar-refractivity contribution in [3.05, 3.63) is 41.1 Å². The van der Waals surface area contributed by atoms with Gasteiger partial charge in [-0.15, -0.1) is 0 Å². The van der Waals surface area contributed by atoms with E-state index in [9.17, 15) is 9.59 Å². The molecule has 2 fully saturated rings. The SMILES string of the molecule is CC(C)n1nc(-c2ccc(C#N)cc2)c(C2CC2)c1C(=O)N[C@H]1CCN(C(=O)O)C1. The van der Waals surface area contributed by atoms with Gasteiger partial charge in [-0.25, -0.2) is 4.79 Å². The van der Waals surface area contributed by atoms with Crippen molar-refractivity contribution in [3.63, 3.8) is 0 Å². The van der Waals surface area contributed by atoms with Crippen molar-refractivity contribution in [3.8, 4) is 17.3 Å². The monoisotopic (exact) mass is 407 g/mol. The van der Waals surface area contributed by atoms with E-state index in [4.69, 9.17) is 15.5 Å². The van der Waals surface area contributed by atoms with Gasteiger partial charge in [-0.3, -0.25) is 9.48 Å². The van der Waals surface area contributed by atoms with Gasteiger partial charge in [-0.2, -0.15) is 10.4 Å². The first-order valence-electron chi connectivity index (χ1n) is 10.3. The third kappa shape index (κ3) is 3.75. The van der Waals surface area contributed by atoms with Crippen molar-refractivity contribution >= 4 is 12.0 Å². The van der Waals surface area contributed by atoms with Crippen molar-refractivity contribution < 1.29 is 14.7 Å². The first-order chi connectivity index (χ1) is 14.4. The second kappa shape index (κ2) is 7.82. The molecule has 8 heteroatoms. The molecule has 2 aromatic rings. The van der Waals surface area contributed by atoms with Gasteiger partial charge in [-0.05, 0) is 51.2 Å². The second-order valence-electron chi connectivity index (χ2n) is 8.30. The lowest BCUT2D eigenvalue weighted by molar-refractivity contribution is 0.0922. The van der Waals surface area contributed by atoms with Crippen LogP contribution in [0, 0.1) is 11.3 Å². The molecule has 1 atom stereocenters. The predicted molar refractivity (Wildman–Crippen MR) is 110 cm³/mol. The molecule has 0 bridgehead atoms. The number of hydrogen-bond donors (Lipinski definition) is 2. The second-order valence-corrected chi connectivity index (χ2v) is 8.30. The van der Waals surface area contributed by atoms with Gasteiger partial charge in [0, 0.05) is 36.3 Å². The molecule has 1 aliphatic heterocycles. The number of nitrogens with one attached hydrogen (secondary N) is 1. The number of carbonyl (C=O) groups excluding carboxylic acids is 1. The van der Waals surface area contributed by atoms with Crippen LogP contribution in [0.2, 0.25) is 0 Å². The summed E-state index contributed by atoms with van der Waals surface area (Å²) in [6.45, 7) is 4.71. The number of likely N-dealkylation sites (tertiary alicyclic amines) is 1. The van der Waals surface area contributed by atoms with E-state index < -0.39 is 6.09 Å². The van der Waals surface area contributed by atoms with Crippen LogP contribution in [0.15, 0.2) is 24.3 Å². The fourth-order valence-electron chi connectivity index (χ4n) is 4.03. The molecule has 2 amide bonds. The fraction of sp³-hybridized carbons (Fsp3) is 0.455. The molecule has 30 heavy (non-hydrogen) atoms. The van der Waals surface area contributed by atoms with Crippen LogP contribution in [0.25, 0.3) is 11.3 Å². The lowest BCUT2D eigenvalue weighted by Crippen LogP contribution is -2.39. The minimum Gasteiger partial charge on any atom is -0.465 e. The normalized spacial score (nSPS) is 18.5. The summed E-state index contributed by atoms with van der Waals surface area (Å²) < 4.78 is 1.78. The van der Waals surface area contributed by atoms with E-state index in [0.717, 1.165) is 29.7 Å². The molecule has 0 radical (unpaired) electrons. The minimum absolute atomic E-state index is 0.00511. The Balaban J connectivity index is 1.69. The number of carbonyl (C=O) groups is 2. The summed E-state index contributed by atoms with van der Waals surface area (Å²) in [7, 11) is 0. The van der Waals surface area contributed by atoms with Crippen LogP contribution in [0.5, 0.6) is 0 Å². The van der Waals surface area contributed by atoms with E-state index in [1.54, 1.807) is 16.8 Å². The van der Waals surface area contributed by atoms with Gasteiger partial charge >= 0.3 is 6.09 Å². The lowest BCUT2D eigenvalue weighted by atomic mass is 10.0. The van der Waals surface area contributed by atoms with Gasteiger partial charge in [0.15, 0.2) is 0 Å². The molecular formula is C22H25N5O3. The highest BCUT2D eigenvalue weighted by atomic mass is 16.4. The molecule has 1 saturated heterocycles. The Morgan fingerprint density at radius 1 is 1.23 bits per heavy atom. The van der Waals surface area contributed by atoms with Crippen LogP contribution in [0.4, 0.5) is 4.79 Å². The Hall–Kier alpha value is -3.34. The van der Waals surface area contributed by atoms with E-state index in [-0.39, 0.29) is 18.0 Å². The zero-order valence-electron chi connectivity index (χ0n) is 17.1. The predicted octanol–water partition coefficient (Wildman–Crippen LogP) is 3.36. The lowest BCUT2D eigenvalue weighted by Gasteiger charge is -2.16. The van der Waals surface area contributed by atoms with Gasteiger partial charge in [-0.1, -0.05) is 12.1 Å². The summed E-state index contributed by atoms with van der Waals surface area (Å²) in [5.41, 5.74) is 3.79. The molecule has 8 nitrogen and oxygen atoms in total. The Morgan fingerprint density at radius 3 is 2.47 bits per heavy atom. The molecule has 156 valence electrons. The Morgan fingerprint density at radius 2 is 1.93 bits per heavy atom. The molecule has 2 heterocycles. The van der Waals surface area contributed by atoms with Gasteiger partial charge in [0.25, 0.3) is 5.91 Å². The molecule has 1 aromatic heterocycles. The van der Waals surface area contributed by atoms with Crippen molar-refractivity contribution in [2.75, 3.05) is 13.1 Å². The fourth-order valence-corrected chi connectivity index (χ4v) is 4.03. The summed E-state index contributed by atoms with van der Waals surface area (Å²) in [4.78, 5) is 25.8. The molecule has 1 aromatic carbocycles. The van der Waals surface area contributed by atoms with Crippen LogP contribution < -0.4 is 5.32 Å². The summed E-state index contributed by atoms with van der Waals surface area (Å²) in [6.07, 6.45) is 1.68. The molecule has 1 saturated carbocycles. The Kier molecular flexibility index (Phi) is 5.20. The summed E-state index contributed by atoms with van der Waals surface area (Å²) in [5, 5.41) is 26.1. The third-order valence-electron chi connectivity index (χ3n) is 5.72. The smallest absolute Gasteiger partial charge is 0.407 e. The number of rotatable bonds is 5. The van der Waals surface area contributed by atoms with E-state index in [1.165, 1.54) is 4.90 Å². The molecule has 2 aliphatic rings. The van der Waals surface area contributed by atoms with E-state index in [2.05, 4.69) is 11.4 Å². The number of nitriles is 1. The van der Waals surface area contributed by atoms with Crippen molar-refractivity contribution in [2.45, 2.75) is 51.1 Å². The maximum atomic E-state index is 13.3. The van der Waals surface area contributed by atoms with E-state index in [1.807, 2.05) is 26.0 Å². The molecule has 4 rings (SSSR count). The average Bonchev–Trinajstić information content (AvgIpc) is 3.31. The number of hydrogen-bond acceptors (Lipinski definition) is 4. The van der Waals surface area contributed by atoms with E-state index >= 15 is 0 Å². The van der Waals surface area contributed by atoms with Gasteiger partial charge in [0.2, 0.25) is 0 Å². The third-order valence-corrected chi connectivity index (χ3v) is 5.72. The summed E-state index contributed by atoms with van der Waals surface area (Å²) in [6, 6.07) is 9.20. The Bertz CT molecular complexity index is 1010. The van der Waals surface area contributed by atoms with Crippen LogP contribution in [-0.4, -0.2) is 50.9 Å². The van der Waals surface area contributed by atoms with Gasteiger partial charge < -0.3 is 15.3 Å².